The number of amides is 1. The predicted octanol–water partition coefficient (Wildman–Crippen LogP) is 1.41. The average Bonchev–Trinajstić information content (AvgIpc) is 2.66. The van der Waals surface area contributed by atoms with Gasteiger partial charge in [-0.25, -0.2) is 0 Å². The van der Waals surface area contributed by atoms with E-state index in [-0.39, 0.29) is 17.9 Å². The van der Waals surface area contributed by atoms with E-state index in [1.807, 2.05) is 30.0 Å². The molecule has 4 nitrogen and oxygen atoms in total. The normalized spacial score (nSPS) is 14.7. The van der Waals surface area contributed by atoms with Gasteiger partial charge in [-0.2, -0.15) is 0 Å². The van der Waals surface area contributed by atoms with Crippen LogP contribution in [-0.2, 0) is 11.3 Å². The molecule has 16 heavy (non-hydrogen) atoms. The molecule has 0 saturated carbocycles. The first kappa shape index (κ1) is 12.8. The molecule has 2 atom stereocenters. The van der Waals surface area contributed by atoms with Gasteiger partial charge in [-0.05, 0) is 18.1 Å². The lowest BCUT2D eigenvalue weighted by atomic mass is 10.1. The van der Waals surface area contributed by atoms with E-state index in [2.05, 4.69) is 6.92 Å². The van der Waals surface area contributed by atoms with Crippen molar-refractivity contribution in [2.24, 2.45) is 17.4 Å². The van der Waals surface area contributed by atoms with Crippen molar-refractivity contribution in [3.63, 3.8) is 0 Å². The number of hydrogen-bond donors (Lipinski definition) is 2. The molecule has 0 saturated heterocycles. The number of primary amides is 1. The fourth-order valence-corrected chi connectivity index (χ4v) is 1.68. The maximum atomic E-state index is 10.9. The van der Waals surface area contributed by atoms with Crippen LogP contribution in [0.3, 0.4) is 0 Å². The van der Waals surface area contributed by atoms with Crippen molar-refractivity contribution >= 4 is 5.91 Å². The summed E-state index contributed by atoms with van der Waals surface area (Å²) in [7, 11) is 0. The lowest BCUT2D eigenvalue weighted by Gasteiger charge is -2.09. The highest BCUT2D eigenvalue weighted by Crippen LogP contribution is 2.16. The van der Waals surface area contributed by atoms with Gasteiger partial charge < -0.3 is 16.0 Å². The summed E-state index contributed by atoms with van der Waals surface area (Å²) in [5, 5.41) is 0. The van der Waals surface area contributed by atoms with E-state index in [9.17, 15) is 4.79 Å². The Morgan fingerprint density at radius 3 is 2.81 bits per heavy atom. The number of carbonyl (C=O) groups is 1. The van der Waals surface area contributed by atoms with E-state index in [0.717, 1.165) is 18.4 Å². The topological polar surface area (TPSA) is 74.0 Å². The first-order chi connectivity index (χ1) is 7.54. The molecule has 1 aromatic rings. The van der Waals surface area contributed by atoms with Crippen LogP contribution in [0.5, 0.6) is 0 Å². The monoisotopic (exact) mass is 223 g/mol. The van der Waals surface area contributed by atoms with Crippen LogP contribution < -0.4 is 11.5 Å². The Labute approximate surface area is 96.6 Å². The summed E-state index contributed by atoms with van der Waals surface area (Å²) in [5.74, 6) is -0.421. The van der Waals surface area contributed by atoms with E-state index < -0.39 is 0 Å². The van der Waals surface area contributed by atoms with Gasteiger partial charge in [0.2, 0.25) is 5.91 Å². The highest BCUT2D eigenvalue weighted by Gasteiger charge is 2.11. The van der Waals surface area contributed by atoms with E-state index in [0.29, 0.717) is 6.54 Å². The minimum absolute atomic E-state index is 0.0927. The molecule has 0 aromatic carbocycles. The highest BCUT2D eigenvalue weighted by molar-refractivity contribution is 5.76. The summed E-state index contributed by atoms with van der Waals surface area (Å²) in [6.07, 6.45) is 6.00. The zero-order chi connectivity index (χ0) is 12.1. The molecule has 0 spiro atoms. The van der Waals surface area contributed by atoms with E-state index in [1.165, 1.54) is 0 Å². The highest BCUT2D eigenvalue weighted by atomic mass is 16.1. The van der Waals surface area contributed by atoms with Gasteiger partial charge in [-0.15, -0.1) is 0 Å². The number of carbonyl (C=O) groups excluding carboxylic acids is 1. The molecular weight excluding hydrogens is 202 g/mol. The zero-order valence-corrected chi connectivity index (χ0v) is 10.0. The Morgan fingerprint density at radius 2 is 2.25 bits per heavy atom. The predicted molar refractivity (Wildman–Crippen MR) is 64.6 cm³/mol. The van der Waals surface area contributed by atoms with Gasteiger partial charge in [-0.3, -0.25) is 4.79 Å². The molecule has 0 aliphatic rings. The molecule has 1 aromatic heterocycles. The van der Waals surface area contributed by atoms with Crippen LogP contribution in [0.1, 0.15) is 38.3 Å². The largest absolute Gasteiger partial charge is 0.369 e. The summed E-state index contributed by atoms with van der Waals surface area (Å²) in [6, 6.07) is 2.10. The van der Waals surface area contributed by atoms with Gasteiger partial charge in [0, 0.05) is 25.0 Å². The molecule has 0 bridgehead atoms. The second-order valence-corrected chi connectivity index (χ2v) is 4.34. The molecule has 1 amide bonds. The third kappa shape index (κ3) is 3.38. The van der Waals surface area contributed by atoms with Crippen molar-refractivity contribution in [3.8, 4) is 0 Å². The Balaban J connectivity index is 2.61. The van der Waals surface area contributed by atoms with Crippen LogP contribution in [0.25, 0.3) is 0 Å². The van der Waals surface area contributed by atoms with Gasteiger partial charge in [0.25, 0.3) is 0 Å². The van der Waals surface area contributed by atoms with Crippen LogP contribution in [0.15, 0.2) is 18.5 Å². The van der Waals surface area contributed by atoms with Gasteiger partial charge in [0.05, 0.1) is 5.92 Å². The molecule has 0 aliphatic carbocycles. The van der Waals surface area contributed by atoms with E-state index in [4.69, 9.17) is 11.5 Å². The minimum atomic E-state index is -0.270. The average molecular weight is 223 g/mol. The van der Waals surface area contributed by atoms with Crippen LogP contribution in [-0.4, -0.2) is 10.5 Å². The smallest absolute Gasteiger partial charge is 0.222 e. The molecule has 0 radical (unpaired) electrons. The molecular formula is C12H21N3O. The van der Waals surface area contributed by atoms with Crippen LogP contribution >= 0.6 is 0 Å². The van der Waals surface area contributed by atoms with Crippen molar-refractivity contribution in [3.05, 3.63) is 24.0 Å². The molecule has 0 aliphatic heterocycles. The maximum absolute atomic E-state index is 10.9. The second-order valence-electron chi connectivity index (χ2n) is 4.34. The SMILES string of the molecule is CCCC(N)c1ccn(CC(C)C(N)=O)c1. The standard InChI is InChI=1S/C12H21N3O/c1-3-4-11(13)10-5-6-15(8-10)7-9(2)12(14)16/h5-6,8-9,11H,3-4,7,13H2,1-2H3,(H2,14,16). The Morgan fingerprint density at radius 1 is 1.56 bits per heavy atom. The molecule has 1 heterocycles. The zero-order valence-electron chi connectivity index (χ0n) is 10.0. The van der Waals surface area contributed by atoms with Crippen molar-refractivity contribution in [1.82, 2.24) is 4.57 Å². The Kier molecular flexibility index (Phi) is 4.55. The second kappa shape index (κ2) is 5.70. The van der Waals surface area contributed by atoms with Crippen LogP contribution in [0.2, 0.25) is 0 Å². The quantitative estimate of drug-likeness (QED) is 0.765. The van der Waals surface area contributed by atoms with Crippen LogP contribution in [0, 0.1) is 5.92 Å². The van der Waals surface area contributed by atoms with Crippen LogP contribution in [0.4, 0.5) is 0 Å². The summed E-state index contributed by atoms with van der Waals surface area (Å²) < 4.78 is 1.97. The summed E-state index contributed by atoms with van der Waals surface area (Å²) in [4.78, 5) is 10.9. The van der Waals surface area contributed by atoms with Gasteiger partial charge in [0.15, 0.2) is 0 Å². The first-order valence-corrected chi connectivity index (χ1v) is 5.75. The number of rotatable bonds is 6. The number of nitrogens with two attached hydrogens (primary N) is 2. The molecule has 1 rings (SSSR count). The molecule has 90 valence electrons. The molecule has 0 fully saturated rings. The fraction of sp³-hybridized carbons (Fsp3) is 0.583. The van der Waals surface area contributed by atoms with Crippen molar-refractivity contribution in [2.75, 3.05) is 0 Å². The van der Waals surface area contributed by atoms with Gasteiger partial charge in [-0.1, -0.05) is 20.3 Å². The third-order valence-electron chi connectivity index (χ3n) is 2.77. The van der Waals surface area contributed by atoms with Gasteiger partial charge in [0.1, 0.15) is 0 Å². The van der Waals surface area contributed by atoms with Crippen molar-refractivity contribution in [2.45, 2.75) is 39.3 Å². The summed E-state index contributed by atoms with van der Waals surface area (Å²) in [6.45, 7) is 4.56. The molecule has 2 unspecified atom stereocenters. The Bertz CT molecular complexity index is 346. The number of hydrogen-bond acceptors (Lipinski definition) is 2. The summed E-state index contributed by atoms with van der Waals surface area (Å²) >= 11 is 0. The fourth-order valence-electron chi connectivity index (χ4n) is 1.68. The summed E-state index contributed by atoms with van der Waals surface area (Å²) in [5.41, 5.74) is 12.3. The lowest BCUT2D eigenvalue weighted by Crippen LogP contribution is -2.24. The van der Waals surface area contributed by atoms with E-state index in [1.54, 1.807) is 0 Å². The molecule has 4 heteroatoms. The molecule has 4 N–H and O–H groups in total. The van der Waals surface area contributed by atoms with Gasteiger partial charge >= 0.3 is 0 Å². The minimum Gasteiger partial charge on any atom is -0.369 e. The number of aromatic nitrogens is 1. The maximum Gasteiger partial charge on any atom is 0.222 e. The van der Waals surface area contributed by atoms with Crippen molar-refractivity contribution in [1.29, 1.82) is 0 Å². The first-order valence-electron chi connectivity index (χ1n) is 5.75. The van der Waals surface area contributed by atoms with E-state index >= 15 is 0 Å². The Hall–Kier alpha value is -1.29. The number of nitrogens with zero attached hydrogens (tertiary/aromatic N) is 1. The third-order valence-corrected chi connectivity index (χ3v) is 2.77. The lowest BCUT2D eigenvalue weighted by molar-refractivity contribution is -0.121. The van der Waals surface area contributed by atoms with Crippen molar-refractivity contribution < 1.29 is 4.79 Å².